The van der Waals surface area contributed by atoms with Crippen LogP contribution < -0.4 is 4.74 Å². The second-order valence-corrected chi connectivity index (χ2v) is 11.1. The first kappa shape index (κ1) is 27.1. The fraction of sp³-hybridized carbons (Fsp3) is 0.533. The van der Waals surface area contributed by atoms with Gasteiger partial charge in [0.05, 0.1) is 25.4 Å². The van der Waals surface area contributed by atoms with Gasteiger partial charge in [-0.15, -0.1) is 0 Å². The average Bonchev–Trinajstić information content (AvgIpc) is 3.23. The monoisotopic (exact) mass is 510 g/mol. The third-order valence-corrected chi connectivity index (χ3v) is 9.00. The van der Waals surface area contributed by atoms with Gasteiger partial charge in [0.15, 0.2) is 6.10 Å². The highest BCUT2D eigenvalue weighted by Gasteiger charge is 2.57. The number of rotatable bonds is 7. The van der Waals surface area contributed by atoms with Crippen molar-refractivity contribution >= 4 is 18.0 Å². The van der Waals surface area contributed by atoms with Crippen molar-refractivity contribution in [2.45, 2.75) is 58.2 Å². The summed E-state index contributed by atoms with van der Waals surface area (Å²) in [7, 11) is 1.59. The summed E-state index contributed by atoms with van der Waals surface area (Å²) < 4.78 is 15.9. The van der Waals surface area contributed by atoms with Crippen LogP contribution in [0.3, 0.4) is 0 Å². The molecule has 1 aromatic rings. The van der Waals surface area contributed by atoms with E-state index in [0.29, 0.717) is 18.4 Å². The Hall–Kier alpha value is -2.90. The molecule has 1 aromatic carbocycles. The summed E-state index contributed by atoms with van der Waals surface area (Å²) in [6.07, 6.45) is 7.19. The zero-order chi connectivity index (χ0) is 26.8. The number of cyclic esters (lactones) is 1. The minimum Gasteiger partial charge on any atom is -0.497 e. The first-order chi connectivity index (χ1) is 17.6. The highest BCUT2D eigenvalue weighted by Crippen LogP contribution is 2.61. The number of allylic oxidation sites excluding steroid dienone is 2. The van der Waals surface area contributed by atoms with Gasteiger partial charge >= 0.3 is 11.9 Å². The summed E-state index contributed by atoms with van der Waals surface area (Å²) in [6, 6.07) is 7.26. The second-order valence-electron chi connectivity index (χ2n) is 11.1. The van der Waals surface area contributed by atoms with Crippen LogP contribution in [0.2, 0.25) is 0 Å². The Morgan fingerprint density at radius 3 is 2.65 bits per heavy atom. The van der Waals surface area contributed by atoms with Crippen LogP contribution in [0.15, 0.2) is 54.1 Å². The Kier molecular flexibility index (Phi) is 7.95. The predicted octanol–water partition coefficient (Wildman–Crippen LogP) is 4.24. The van der Waals surface area contributed by atoms with Gasteiger partial charge in [0.25, 0.3) is 0 Å². The van der Waals surface area contributed by atoms with Gasteiger partial charge in [-0.2, -0.15) is 0 Å². The zero-order valence-electron chi connectivity index (χ0n) is 21.9. The summed E-state index contributed by atoms with van der Waals surface area (Å²) in [5.74, 6) is -0.0903. The van der Waals surface area contributed by atoms with E-state index < -0.39 is 29.6 Å². The van der Waals surface area contributed by atoms with E-state index in [1.165, 1.54) is 6.08 Å². The van der Waals surface area contributed by atoms with Crippen molar-refractivity contribution in [1.29, 1.82) is 0 Å². The number of esters is 2. The second kappa shape index (κ2) is 10.8. The van der Waals surface area contributed by atoms with Gasteiger partial charge in [0.1, 0.15) is 12.4 Å². The lowest BCUT2D eigenvalue weighted by Crippen LogP contribution is -2.57. The maximum absolute atomic E-state index is 12.5. The molecule has 2 saturated carbocycles. The molecule has 6 atom stereocenters. The molecule has 1 aliphatic heterocycles. The minimum absolute atomic E-state index is 0.00688. The number of carbonyl (C=O) groups is 2. The minimum atomic E-state index is -0.767. The van der Waals surface area contributed by atoms with E-state index >= 15 is 0 Å². The quantitative estimate of drug-likeness (QED) is 0.321. The van der Waals surface area contributed by atoms with Gasteiger partial charge < -0.3 is 24.4 Å². The molecule has 2 N–H and O–H groups in total. The molecule has 0 amide bonds. The van der Waals surface area contributed by atoms with Crippen LogP contribution in [0, 0.1) is 22.7 Å². The van der Waals surface area contributed by atoms with E-state index in [-0.39, 0.29) is 30.5 Å². The molecule has 4 rings (SSSR count). The first-order valence-corrected chi connectivity index (χ1v) is 13.0. The van der Waals surface area contributed by atoms with Crippen LogP contribution in [-0.2, 0) is 19.1 Å². The summed E-state index contributed by atoms with van der Waals surface area (Å²) in [5, 5.41) is 20.9. The largest absolute Gasteiger partial charge is 0.497 e. The Morgan fingerprint density at radius 1 is 1.24 bits per heavy atom. The number of ether oxygens (including phenoxy) is 3. The molecular formula is C30H38O7. The standard InChI is InChI=1S/C30H38O7/c1-19-5-13-25-29(2,16-15-26(32)30(25,3)18-31)23(19)12-11-22-24(17-36-28(22)34)37-27(33)14-8-20-6-9-21(35-4)10-7-20/h6-11,14,23-26,31-32H,1,5,12-13,15-18H2,2-4H3/b14-8+,22-11+/t23-,24-,25+,26-,29+,30+/m1/s1. The van der Waals surface area contributed by atoms with Crippen molar-refractivity contribution in [2.24, 2.45) is 22.7 Å². The normalized spacial score (nSPS) is 34.9. The van der Waals surface area contributed by atoms with E-state index in [2.05, 4.69) is 13.5 Å². The number of fused-ring (bicyclic) bond motifs is 1. The van der Waals surface area contributed by atoms with Crippen LogP contribution in [0.25, 0.3) is 6.08 Å². The van der Waals surface area contributed by atoms with Crippen LogP contribution in [0.4, 0.5) is 0 Å². The molecule has 0 spiro atoms. The van der Waals surface area contributed by atoms with Crippen molar-refractivity contribution in [1.82, 2.24) is 0 Å². The maximum atomic E-state index is 12.5. The number of hydrogen-bond donors (Lipinski definition) is 2. The molecule has 0 radical (unpaired) electrons. The summed E-state index contributed by atoms with van der Waals surface area (Å²) in [4.78, 5) is 25.0. The fourth-order valence-electron chi connectivity index (χ4n) is 6.71. The zero-order valence-corrected chi connectivity index (χ0v) is 21.9. The van der Waals surface area contributed by atoms with Crippen molar-refractivity contribution in [3.63, 3.8) is 0 Å². The maximum Gasteiger partial charge on any atom is 0.337 e. The smallest absolute Gasteiger partial charge is 0.337 e. The lowest BCUT2D eigenvalue weighted by atomic mass is 9.46. The highest BCUT2D eigenvalue weighted by atomic mass is 16.6. The summed E-state index contributed by atoms with van der Waals surface area (Å²) in [5.41, 5.74) is 1.55. The SMILES string of the molecule is C=C1CC[C@@H]2[C@](C)(CO)[C@H](O)CC[C@@]2(C)[C@@H]1C/C=C1/C(=O)OC[C@H]1OC(=O)/C=C/c1ccc(OC)cc1. The van der Waals surface area contributed by atoms with Gasteiger partial charge in [0.2, 0.25) is 0 Å². The Labute approximate surface area is 218 Å². The lowest BCUT2D eigenvalue weighted by Gasteiger charge is -2.59. The molecule has 3 fully saturated rings. The number of hydrogen-bond acceptors (Lipinski definition) is 7. The van der Waals surface area contributed by atoms with Gasteiger partial charge in [-0.1, -0.05) is 44.2 Å². The molecule has 0 unspecified atom stereocenters. The molecule has 200 valence electrons. The van der Waals surface area contributed by atoms with Gasteiger partial charge in [0, 0.05) is 11.5 Å². The van der Waals surface area contributed by atoms with E-state index in [0.717, 1.165) is 36.1 Å². The lowest BCUT2D eigenvalue weighted by molar-refractivity contribution is -0.151. The molecule has 0 aromatic heterocycles. The third-order valence-electron chi connectivity index (χ3n) is 9.00. The van der Waals surface area contributed by atoms with Crippen LogP contribution in [-0.4, -0.2) is 54.7 Å². The molecular weight excluding hydrogens is 472 g/mol. The van der Waals surface area contributed by atoms with E-state index in [9.17, 15) is 19.8 Å². The van der Waals surface area contributed by atoms with E-state index in [1.54, 1.807) is 25.3 Å². The Balaban J connectivity index is 1.47. The van der Waals surface area contributed by atoms with E-state index in [4.69, 9.17) is 14.2 Å². The molecule has 1 heterocycles. The first-order valence-electron chi connectivity index (χ1n) is 13.0. The van der Waals surface area contributed by atoms with Gasteiger partial charge in [-0.25, -0.2) is 9.59 Å². The fourth-order valence-corrected chi connectivity index (χ4v) is 6.71. The number of aliphatic hydroxyl groups is 2. The highest BCUT2D eigenvalue weighted by molar-refractivity contribution is 5.93. The van der Waals surface area contributed by atoms with Crippen LogP contribution in [0.1, 0.15) is 51.5 Å². The van der Waals surface area contributed by atoms with Crippen LogP contribution in [0.5, 0.6) is 5.75 Å². The number of methoxy groups -OCH3 is 1. The molecule has 7 heteroatoms. The average molecular weight is 511 g/mol. The summed E-state index contributed by atoms with van der Waals surface area (Å²) >= 11 is 0. The number of aliphatic hydroxyl groups excluding tert-OH is 2. The third kappa shape index (κ3) is 5.25. The molecule has 0 bridgehead atoms. The Morgan fingerprint density at radius 2 is 1.97 bits per heavy atom. The van der Waals surface area contributed by atoms with Gasteiger partial charge in [-0.05, 0) is 73.1 Å². The molecule has 7 nitrogen and oxygen atoms in total. The molecule has 2 aliphatic carbocycles. The van der Waals surface area contributed by atoms with Crippen molar-refractivity contribution < 1.29 is 34.0 Å². The van der Waals surface area contributed by atoms with Gasteiger partial charge in [-0.3, -0.25) is 0 Å². The number of benzene rings is 1. The molecule has 3 aliphatic rings. The molecule has 37 heavy (non-hydrogen) atoms. The van der Waals surface area contributed by atoms with Crippen molar-refractivity contribution in [3.8, 4) is 5.75 Å². The van der Waals surface area contributed by atoms with Crippen molar-refractivity contribution in [3.05, 3.63) is 59.7 Å². The topological polar surface area (TPSA) is 102 Å². The van der Waals surface area contributed by atoms with E-state index in [1.807, 2.05) is 25.1 Å². The van der Waals surface area contributed by atoms with Crippen LogP contribution >= 0.6 is 0 Å². The molecule has 1 saturated heterocycles. The summed E-state index contributed by atoms with van der Waals surface area (Å²) in [6.45, 7) is 8.47. The number of carbonyl (C=O) groups excluding carboxylic acids is 2. The van der Waals surface area contributed by atoms with Crippen molar-refractivity contribution in [2.75, 3.05) is 20.3 Å². The Bertz CT molecular complexity index is 1090. The predicted molar refractivity (Wildman–Crippen MR) is 139 cm³/mol.